The van der Waals surface area contributed by atoms with E-state index in [0.29, 0.717) is 29.5 Å². The Morgan fingerprint density at radius 2 is 1.70 bits per heavy atom. The highest BCUT2D eigenvalue weighted by atomic mass is 32.2. The molecule has 7 heteroatoms. The van der Waals surface area contributed by atoms with E-state index in [0.717, 1.165) is 11.8 Å². The first-order chi connectivity index (χ1) is 13.1. The van der Waals surface area contributed by atoms with Gasteiger partial charge < -0.3 is 8.98 Å². The first kappa shape index (κ1) is 18.7. The molecule has 0 radical (unpaired) electrons. The molecule has 6 nitrogen and oxygen atoms in total. The smallest absolute Gasteiger partial charge is 0.313 e. The summed E-state index contributed by atoms with van der Waals surface area (Å²) in [6.07, 6.45) is 6.42. The molecule has 3 aromatic rings. The van der Waals surface area contributed by atoms with Crippen LogP contribution in [0.4, 0.5) is 0 Å². The molecule has 27 heavy (non-hydrogen) atoms. The van der Waals surface area contributed by atoms with Crippen LogP contribution in [0.15, 0.2) is 67.3 Å². The van der Waals surface area contributed by atoms with Crippen molar-refractivity contribution >= 4 is 16.4 Å². The lowest BCUT2D eigenvalue weighted by Gasteiger charge is -2.11. The molecule has 1 aromatic heterocycles. The maximum absolute atomic E-state index is 12.6. The summed E-state index contributed by atoms with van der Waals surface area (Å²) in [5.74, 6) is -0.0360. The molecule has 0 amide bonds. The molecule has 0 saturated carbocycles. The van der Waals surface area contributed by atoms with Gasteiger partial charge in [-0.2, -0.15) is 8.42 Å². The molecule has 0 saturated heterocycles. The number of hydrogen-bond donors (Lipinski definition) is 0. The molecule has 0 aliphatic carbocycles. The number of aryl methyl sites for hydroxylation is 1. The average molecular weight is 382 g/mol. The van der Waals surface area contributed by atoms with Crippen LogP contribution in [0, 0.1) is 0 Å². The maximum Gasteiger partial charge on any atom is 0.313 e. The van der Waals surface area contributed by atoms with Crippen LogP contribution in [0.1, 0.15) is 17.5 Å². The minimum absolute atomic E-state index is 0.226. The van der Waals surface area contributed by atoms with E-state index in [1.165, 1.54) is 6.33 Å². The zero-order valence-electron chi connectivity index (χ0n) is 14.5. The van der Waals surface area contributed by atoms with Crippen LogP contribution in [0.5, 0.6) is 5.75 Å². The maximum atomic E-state index is 12.6. The van der Waals surface area contributed by atoms with E-state index in [1.54, 1.807) is 54.9 Å². The summed E-state index contributed by atoms with van der Waals surface area (Å²) in [6, 6.07) is 14.0. The molecule has 3 rings (SSSR count). The lowest BCUT2D eigenvalue weighted by molar-refractivity contribution is -0.107. The van der Waals surface area contributed by atoms with Crippen molar-refractivity contribution in [3.8, 4) is 16.9 Å². The van der Waals surface area contributed by atoms with Crippen molar-refractivity contribution in [3.63, 3.8) is 0 Å². The summed E-state index contributed by atoms with van der Waals surface area (Å²) in [5, 5.41) is 0. The number of rotatable bonds is 8. The summed E-state index contributed by atoms with van der Waals surface area (Å²) in [6.45, 7) is 0. The molecule has 0 fully saturated rings. The van der Waals surface area contributed by atoms with E-state index >= 15 is 0 Å². The monoisotopic (exact) mass is 382 g/mol. The van der Waals surface area contributed by atoms with Crippen molar-refractivity contribution < 1.29 is 17.4 Å². The second-order valence-electron chi connectivity index (χ2n) is 5.93. The van der Waals surface area contributed by atoms with Crippen molar-refractivity contribution in [2.24, 2.45) is 0 Å². The summed E-state index contributed by atoms with van der Waals surface area (Å²) in [5.41, 5.74) is 2.79. The second-order valence-corrected chi connectivity index (χ2v) is 7.50. The second kappa shape index (κ2) is 8.55. The van der Waals surface area contributed by atoms with E-state index in [1.807, 2.05) is 6.07 Å². The summed E-state index contributed by atoms with van der Waals surface area (Å²) < 4.78 is 30.5. The van der Waals surface area contributed by atoms with Crippen LogP contribution in [0.3, 0.4) is 0 Å². The Morgan fingerprint density at radius 1 is 0.963 bits per heavy atom. The Balaban J connectivity index is 1.81. The van der Waals surface area contributed by atoms with Gasteiger partial charge in [-0.05, 0) is 23.6 Å². The molecule has 0 aliphatic heterocycles. The summed E-state index contributed by atoms with van der Waals surface area (Å²) in [7, 11) is -3.87. The topological polar surface area (TPSA) is 86.2 Å². The molecule has 1 heterocycles. The minimum atomic E-state index is -3.87. The van der Waals surface area contributed by atoms with E-state index in [9.17, 15) is 13.2 Å². The Morgan fingerprint density at radius 3 is 2.48 bits per heavy atom. The van der Waals surface area contributed by atoms with Gasteiger partial charge in [-0.3, -0.25) is 0 Å². The molecule has 0 bridgehead atoms. The van der Waals surface area contributed by atoms with E-state index in [-0.39, 0.29) is 11.5 Å². The lowest BCUT2D eigenvalue weighted by atomic mass is 10.1. The summed E-state index contributed by atoms with van der Waals surface area (Å²) in [4.78, 5) is 18.4. The zero-order chi connectivity index (χ0) is 19.1. The quantitative estimate of drug-likeness (QED) is 0.439. The summed E-state index contributed by atoms with van der Waals surface area (Å²) >= 11 is 0. The Bertz CT molecular complexity index is 1020. The van der Waals surface area contributed by atoms with Gasteiger partial charge in [0.2, 0.25) is 0 Å². The molecule has 2 aromatic carbocycles. The van der Waals surface area contributed by atoms with E-state index in [2.05, 4.69) is 9.97 Å². The van der Waals surface area contributed by atoms with Gasteiger partial charge >= 0.3 is 10.1 Å². The molecule has 0 atom stereocenters. The van der Waals surface area contributed by atoms with Crippen molar-refractivity contribution in [1.82, 2.24) is 9.97 Å². The van der Waals surface area contributed by atoms with E-state index < -0.39 is 10.1 Å². The number of para-hydroxylation sites is 1. The third-order valence-electron chi connectivity index (χ3n) is 3.86. The first-order valence-electron chi connectivity index (χ1n) is 8.35. The van der Waals surface area contributed by atoms with Gasteiger partial charge in [-0.1, -0.05) is 42.5 Å². The number of hydrogen-bond acceptors (Lipinski definition) is 6. The van der Waals surface area contributed by atoms with Gasteiger partial charge in [0.15, 0.2) is 5.75 Å². The van der Waals surface area contributed by atoms with Gasteiger partial charge in [-0.15, -0.1) is 0 Å². The van der Waals surface area contributed by atoms with Crippen molar-refractivity contribution in [3.05, 3.63) is 78.4 Å². The average Bonchev–Trinajstić information content (AvgIpc) is 2.67. The SMILES string of the molecule is O=CCCc1cccc(CS(=O)(=O)Oc2ccccc2-c2cncnc2)c1. The minimum Gasteiger partial charge on any atom is -0.382 e. The molecule has 0 aliphatic rings. The van der Waals surface area contributed by atoms with Gasteiger partial charge in [0.1, 0.15) is 18.4 Å². The van der Waals surface area contributed by atoms with Gasteiger partial charge in [0.05, 0.1) is 0 Å². The van der Waals surface area contributed by atoms with Crippen LogP contribution in [-0.2, 0) is 27.1 Å². The van der Waals surface area contributed by atoms with Crippen molar-refractivity contribution in [2.75, 3.05) is 0 Å². The number of aromatic nitrogens is 2. The van der Waals surface area contributed by atoms with E-state index in [4.69, 9.17) is 4.18 Å². The van der Waals surface area contributed by atoms with Crippen LogP contribution in [-0.4, -0.2) is 24.7 Å². The predicted molar refractivity (Wildman–Crippen MR) is 102 cm³/mol. The third kappa shape index (κ3) is 5.21. The fourth-order valence-corrected chi connectivity index (χ4v) is 3.75. The van der Waals surface area contributed by atoms with Gasteiger partial charge in [-0.25, -0.2) is 9.97 Å². The molecule has 0 N–H and O–H groups in total. The molecule has 138 valence electrons. The lowest BCUT2D eigenvalue weighted by Crippen LogP contribution is -2.13. The number of benzene rings is 2. The number of nitrogens with zero attached hydrogens (tertiary/aromatic N) is 2. The fourth-order valence-electron chi connectivity index (χ4n) is 2.69. The fraction of sp³-hybridized carbons (Fsp3) is 0.150. The largest absolute Gasteiger partial charge is 0.382 e. The Labute approximate surface area is 158 Å². The first-order valence-corrected chi connectivity index (χ1v) is 9.93. The zero-order valence-corrected chi connectivity index (χ0v) is 15.3. The van der Waals surface area contributed by atoms with Crippen molar-refractivity contribution in [2.45, 2.75) is 18.6 Å². The normalized spacial score (nSPS) is 11.1. The van der Waals surface area contributed by atoms with Crippen molar-refractivity contribution in [1.29, 1.82) is 0 Å². The highest BCUT2D eigenvalue weighted by Crippen LogP contribution is 2.30. The number of aldehydes is 1. The molecular formula is C20H18N2O4S. The van der Waals surface area contributed by atoms with Crippen LogP contribution >= 0.6 is 0 Å². The molecule has 0 unspecified atom stereocenters. The standard InChI is InChI=1S/C20H18N2O4S/c23-10-4-7-16-5-3-6-17(11-16)14-27(24,25)26-20-9-2-1-8-19(20)18-12-21-15-22-13-18/h1-3,5-6,8-13,15H,4,7,14H2. The number of carbonyl (C=O) groups excluding carboxylic acids is 1. The Kier molecular flexibility index (Phi) is 5.93. The third-order valence-corrected chi connectivity index (χ3v) is 4.98. The Hall–Kier alpha value is -3.06. The van der Waals surface area contributed by atoms with Crippen LogP contribution in [0.2, 0.25) is 0 Å². The van der Waals surface area contributed by atoms with Gasteiger partial charge in [0.25, 0.3) is 0 Å². The highest BCUT2D eigenvalue weighted by Gasteiger charge is 2.17. The predicted octanol–water partition coefficient (Wildman–Crippen LogP) is 3.18. The molecular weight excluding hydrogens is 364 g/mol. The highest BCUT2D eigenvalue weighted by molar-refractivity contribution is 7.86. The number of carbonyl (C=O) groups is 1. The van der Waals surface area contributed by atoms with Crippen LogP contribution < -0.4 is 4.18 Å². The van der Waals surface area contributed by atoms with Gasteiger partial charge in [0, 0.05) is 29.9 Å². The molecule has 0 spiro atoms. The van der Waals surface area contributed by atoms with Crippen LogP contribution in [0.25, 0.3) is 11.1 Å².